The second kappa shape index (κ2) is 35.2. The fraction of sp³-hybridized carbons (Fsp3) is 0.976. The molecule has 0 aromatic heterocycles. The van der Waals surface area contributed by atoms with E-state index in [0.717, 1.165) is 0 Å². The highest BCUT2D eigenvalue weighted by Crippen LogP contribution is 2.24. The van der Waals surface area contributed by atoms with Crippen LogP contribution in [0, 0.1) is 10.8 Å². The van der Waals surface area contributed by atoms with Crippen LogP contribution in [0.4, 0.5) is 4.79 Å². The predicted octanol–water partition coefficient (Wildman–Crippen LogP) is 3.04. The normalized spacial score (nSPS) is 18.2. The highest BCUT2D eigenvalue weighted by Gasteiger charge is 2.35. The third-order valence-corrected chi connectivity index (χ3v) is 9.58. The Bertz CT molecular complexity index is 919. The van der Waals surface area contributed by atoms with Gasteiger partial charge in [-0.15, -0.1) is 0 Å². The average molecular weight is 861 g/mol. The minimum Gasteiger partial charge on any atom is -0.429 e. The summed E-state index contributed by atoms with van der Waals surface area (Å²) in [6.45, 7) is 15.8. The van der Waals surface area contributed by atoms with E-state index in [-0.39, 0.29) is 106 Å². The summed E-state index contributed by atoms with van der Waals surface area (Å²) >= 11 is 0. The molecule has 0 spiro atoms. The standard InChI is InChI=1S/C42H84O17/c1-9-33(44)17-51-25-41(24-50-16-32(8)43,26-52-18-34(45)10-2)30-56-22-38(14-6)58-40(49)59-39(15-7)23-57-31-42(27-53-19-35(46)11-3,28-54-20-36(47)12-4)29-55-21-37(48)13-5/h32-39,43-48H,9-31H2,1-8H3. The predicted molar refractivity (Wildman–Crippen MR) is 220 cm³/mol. The molecule has 0 bridgehead atoms. The monoisotopic (exact) mass is 861 g/mol. The highest BCUT2D eigenvalue weighted by molar-refractivity contribution is 5.60. The first-order chi connectivity index (χ1) is 28.2. The zero-order valence-corrected chi connectivity index (χ0v) is 37.6. The second-order valence-corrected chi connectivity index (χ2v) is 15.8. The van der Waals surface area contributed by atoms with Gasteiger partial charge < -0.3 is 78.0 Å². The van der Waals surface area contributed by atoms with Gasteiger partial charge in [-0.25, -0.2) is 4.79 Å². The summed E-state index contributed by atoms with van der Waals surface area (Å²) in [6, 6.07) is 0. The Labute approximate surface area is 354 Å². The molecule has 17 nitrogen and oxygen atoms in total. The van der Waals surface area contributed by atoms with Crippen molar-refractivity contribution in [2.75, 3.05) is 106 Å². The number of hydrogen-bond donors (Lipinski definition) is 6. The van der Waals surface area contributed by atoms with Crippen LogP contribution >= 0.6 is 0 Å². The topological polar surface area (TPSA) is 231 Å². The summed E-state index contributed by atoms with van der Waals surface area (Å²) < 4.78 is 58.7. The van der Waals surface area contributed by atoms with Crippen LogP contribution in [0.1, 0.15) is 100 Å². The van der Waals surface area contributed by atoms with Gasteiger partial charge >= 0.3 is 6.16 Å². The summed E-state index contributed by atoms with van der Waals surface area (Å²) in [7, 11) is 0. The molecular weight excluding hydrogens is 776 g/mol. The molecule has 0 saturated carbocycles. The molecule has 0 aromatic carbocycles. The van der Waals surface area contributed by atoms with Crippen molar-refractivity contribution < 1.29 is 82.8 Å². The number of carbonyl (C=O) groups is 1. The molecule has 354 valence electrons. The molecule has 8 unspecified atom stereocenters. The molecule has 17 heteroatoms. The Kier molecular flexibility index (Phi) is 34.4. The lowest BCUT2D eigenvalue weighted by atomic mass is 9.92. The summed E-state index contributed by atoms with van der Waals surface area (Å²) in [5, 5.41) is 60.3. The SMILES string of the molecule is CCC(O)COCC(COCC(C)O)(COCC(O)CC)COCC(CC)OC(=O)OC(CC)COCC(COCC(O)CC)(COCC(O)CC)COCC(O)CC. The molecule has 6 N–H and O–H groups in total. The van der Waals surface area contributed by atoms with Crippen molar-refractivity contribution in [3.63, 3.8) is 0 Å². The maximum Gasteiger partial charge on any atom is 0.508 e. The first-order valence-corrected chi connectivity index (χ1v) is 21.7. The molecule has 8 atom stereocenters. The second-order valence-electron chi connectivity index (χ2n) is 15.8. The Balaban J connectivity index is 5.70. The van der Waals surface area contributed by atoms with Gasteiger partial charge in [0.15, 0.2) is 0 Å². The Morgan fingerprint density at radius 2 is 0.593 bits per heavy atom. The van der Waals surface area contributed by atoms with Gasteiger partial charge in [-0.3, -0.25) is 0 Å². The fourth-order valence-corrected chi connectivity index (χ4v) is 5.18. The molecule has 0 rings (SSSR count). The van der Waals surface area contributed by atoms with E-state index in [1.807, 2.05) is 48.5 Å². The van der Waals surface area contributed by atoms with E-state index < -0.39 is 65.8 Å². The van der Waals surface area contributed by atoms with Crippen LogP contribution in [0.25, 0.3) is 0 Å². The van der Waals surface area contributed by atoms with Gasteiger partial charge in [0, 0.05) is 0 Å². The van der Waals surface area contributed by atoms with E-state index in [1.165, 1.54) is 0 Å². The van der Waals surface area contributed by atoms with Gasteiger partial charge in [0.25, 0.3) is 0 Å². The molecule has 0 aliphatic heterocycles. The van der Waals surface area contributed by atoms with Crippen LogP contribution in [0.3, 0.4) is 0 Å². The van der Waals surface area contributed by atoms with Crippen LogP contribution < -0.4 is 0 Å². The minimum absolute atomic E-state index is 0.0148. The molecule has 0 fully saturated rings. The van der Waals surface area contributed by atoms with Crippen molar-refractivity contribution in [1.29, 1.82) is 0 Å². The largest absolute Gasteiger partial charge is 0.508 e. The van der Waals surface area contributed by atoms with Crippen molar-refractivity contribution in [3.05, 3.63) is 0 Å². The summed E-state index contributed by atoms with van der Waals surface area (Å²) in [4.78, 5) is 13.1. The third kappa shape index (κ3) is 28.8. The van der Waals surface area contributed by atoms with Gasteiger partial charge in [-0.1, -0.05) is 48.5 Å². The number of ether oxygens (including phenoxy) is 10. The molecule has 0 aromatic rings. The zero-order chi connectivity index (χ0) is 44.5. The molecule has 0 aliphatic carbocycles. The summed E-state index contributed by atoms with van der Waals surface area (Å²) in [5.41, 5.74) is -1.76. The van der Waals surface area contributed by atoms with Crippen LogP contribution in [0.15, 0.2) is 0 Å². The number of aliphatic hydroxyl groups excluding tert-OH is 6. The van der Waals surface area contributed by atoms with Crippen molar-refractivity contribution in [2.24, 2.45) is 10.8 Å². The summed E-state index contributed by atoms with van der Waals surface area (Å²) in [5.74, 6) is 0. The molecule has 0 saturated heterocycles. The zero-order valence-electron chi connectivity index (χ0n) is 37.6. The Morgan fingerprint density at radius 3 is 0.797 bits per heavy atom. The molecular formula is C42H84O17. The van der Waals surface area contributed by atoms with Crippen molar-refractivity contribution in [3.8, 4) is 0 Å². The Hall–Kier alpha value is -1.29. The minimum atomic E-state index is -0.895. The maximum absolute atomic E-state index is 13.1. The van der Waals surface area contributed by atoms with Crippen LogP contribution in [0.5, 0.6) is 0 Å². The van der Waals surface area contributed by atoms with Gasteiger partial charge in [0.1, 0.15) is 12.2 Å². The van der Waals surface area contributed by atoms with Gasteiger partial charge in [-0.2, -0.15) is 0 Å². The van der Waals surface area contributed by atoms with E-state index in [9.17, 15) is 35.4 Å². The highest BCUT2D eigenvalue weighted by atomic mass is 16.7. The van der Waals surface area contributed by atoms with Gasteiger partial charge in [0.2, 0.25) is 0 Å². The first-order valence-electron chi connectivity index (χ1n) is 21.7. The lowest BCUT2D eigenvalue weighted by molar-refractivity contribution is -0.136. The molecule has 0 amide bonds. The molecule has 0 aliphatic rings. The van der Waals surface area contributed by atoms with Gasteiger partial charge in [0.05, 0.1) is 153 Å². The molecule has 0 heterocycles. The third-order valence-electron chi connectivity index (χ3n) is 9.58. The van der Waals surface area contributed by atoms with Crippen LogP contribution in [-0.2, 0) is 47.4 Å². The molecule has 0 radical (unpaired) electrons. The number of hydrogen-bond acceptors (Lipinski definition) is 17. The lowest BCUT2D eigenvalue weighted by Gasteiger charge is -2.34. The van der Waals surface area contributed by atoms with Crippen LogP contribution in [-0.4, -0.2) is 191 Å². The number of rotatable bonds is 41. The first kappa shape index (κ1) is 57.7. The quantitative estimate of drug-likeness (QED) is 0.0485. The Morgan fingerprint density at radius 1 is 0.373 bits per heavy atom. The van der Waals surface area contributed by atoms with E-state index in [1.54, 1.807) is 6.92 Å². The number of carbonyl (C=O) groups excluding carboxylic acids is 1. The smallest absolute Gasteiger partial charge is 0.429 e. The van der Waals surface area contributed by atoms with E-state index >= 15 is 0 Å². The van der Waals surface area contributed by atoms with E-state index in [4.69, 9.17) is 47.4 Å². The average Bonchev–Trinajstić information content (AvgIpc) is 3.22. The lowest BCUT2D eigenvalue weighted by Crippen LogP contribution is -2.44. The summed E-state index contributed by atoms with van der Waals surface area (Å²) in [6.07, 6.45) is -2.82. The number of aliphatic hydroxyl groups is 6. The van der Waals surface area contributed by atoms with E-state index in [2.05, 4.69) is 0 Å². The van der Waals surface area contributed by atoms with Crippen molar-refractivity contribution in [1.82, 2.24) is 0 Å². The van der Waals surface area contributed by atoms with Gasteiger partial charge in [-0.05, 0) is 51.9 Å². The van der Waals surface area contributed by atoms with Crippen molar-refractivity contribution >= 4 is 6.16 Å². The van der Waals surface area contributed by atoms with Crippen molar-refractivity contribution in [2.45, 2.75) is 149 Å². The van der Waals surface area contributed by atoms with Crippen LogP contribution in [0.2, 0.25) is 0 Å². The maximum atomic E-state index is 13.1. The van der Waals surface area contributed by atoms with E-state index in [0.29, 0.717) is 44.9 Å². The fourth-order valence-electron chi connectivity index (χ4n) is 5.18. The molecule has 59 heavy (non-hydrogen) atoms.